The van der Waals surface area contributed by atoms with E-state index < -0.39 is 0 Å². The maximum Gasteiger partial charge on any atom is 0.253 e. The van der Waals surface area contributed by atoms with Gasteiger partial charge in [0.1, 0.15) is 0 Å². The molecule has 1 aliphatic rings. The summed E-state index contributed by atoms with van der Waals surface area (Å²) in [5.41, 5.74) is 3.67. The van der Waals surface area contributed by atoms with Gasteiger partial charge in [-0.1, -0.05) is 48.5 Å². The van der Waals surface area contributed by atoms with Crippen molar-refractivity contribution in [1.29, 1.82) is 0 Å². The molecule has 0 bridgehead atoms. The van der Waals surface area contributed by atoms with Gasteiger partial charge in [-0.05, 0) is 73.2 Å². The van der Waals surface area contributed by atoms with Crippen molar-refractivity contribution in [3.05, 3.63) is 102 Å². The molecule has 2 N–H and O–H groups in total. The normalized spacial score (nSPS) is 15.2. The van der Waals surface area contributed by atoms with Crippen LogP contribution in [0.4, 0.5) is 5.69 Å². The molecule has 1 amide bonds. The van der Waals surface area contributed by atoms with Crippen LogP contribution in [0.3, 0.4) is 0 Å². The molecule has 0 aliphatic carbocycles. The Hall–Kier alpha value is -3.35. The number of hydrogen-bond acceptors (Lipinski definition) is 5. The Bertz CT molecular complexity index is 1280. The topological polar surface area (TPSA) is 65.5 Å². The van der Waals surface area contributed by atoms with Gasteiger partial charge in [0.2, 0.25) is 0 Å². The molecule has 6 heteroatoms. The van der Waals surface area contributed by atoms with Crippen LogP contribution in [0, 0.1) is 5.41 Å². The smallest absolute Gasteiger partial charge is 0.253 e. The number of anilines is 1. The summed E-state index contributed by atoms with van der Waals surface area (Å²) < 4.78 is 3.36. The van der Waals surface area contributed by atoms with E-state index >= 15 is 0 Å². The molecule has 2 heterocycles. The van der Waals surface area contributed by atoms with Crippen LogP contribution in [0.15, 0.2) is 96.0 Å². The van der Waals surface area contributed by atoms with Crippen LogP contribution in [0.1, 0.15) is 28.8 Å². The quantitative estimate of drug-likeness (QED) is 0.325. The van der Waals surface area contributed by atoms with Crippen molar-refractivity contribution in [2.75, 3.05) is 24.4 Å². The van der Waals surface area contributed by atoms with Gasteiger partial charge in [0.15, 0.2) is 0 Å². The molecule has 35 heavy (non-hydrogen) atoms. The summed E-state index contributed by atoms with van der Waals surface area (Å²) in [6.45, 7) is 1.47. The first-order valence-electron chi connectivity index (χ1n) is 12.0. The highest BCUT2D eigenvalue weighted by Crippen LogP contribution is 2.35. The van der Waals surface area contributed by atoms with Crippen LogP contribution in [0.2, 0.25) is 0 Å². The Labute approximate surface area is 210 Å². The number of carbonyl (C=O) groups is 1. The molecule has 1 aromatic heterocycles. The second-order valence-electron chi connectivity index (χ2n) is 9.23. The standard InChI is InChI=1S/C29H29N3O2S/c33-21-29(20-22-6-2-1-3-7-22)15-18-32(19-16-29)28(34)24-11-13-25(14-12-24)31-35-26-10-4-8-23-9-5-17-30-27(23)26/h1-14,17,31,33H,15-16,18-21H2. The summed E-state index contributed by atoms with van der Waals surface area (Å²) in [5.74, 6) is 0.0497. The number of nitrogens with one attached hydrogen (secondary N) is 1. The zero-order chi connectivity index (χ0) is 24.1. The van der Waals surface area contributed by atoms with Crippen LogP contribution in [0.5, 0.6) is 0 Å². The number of fused-ring (bicyclic) bond motifs is 1. The van der Waals surface area contributed by atoms with Crippen LogP contribution in [-0.4, -0.2) is 40.6 Å². The fourth-order valence-corrected chi connectivity index (χ4v) is 5.52. The first kappa shape index (κ1) is 23.4. The van der Waals surface area contributed by atoms with Gasteiger partial charge in [0.25, 0.3) is 5.91 Å². The lowest BCUT2D eigenvalue weighted by Gasteiger charge is -2.41. The summed E-state index contributed by atoms with van der Waals surface area (Å²) in [7, 11) is 0. The van der Waals surface area contributed by atoms with E-state index in [1.807, 2.05) is 65.6 Å². The Morgan fingerprint density at radius 3 is 2.43 bits per heavy atom. The second kappa shape index (κ2) is 10.5. The van der Waals surface area contributed by atoms with Crippen LogP contribution < -0.4 is 4.72 Å². The van der Waals surface area contributed by atoms with Crippen molar-refractivity contribution >= 4 is 34.4 Å². The van der Waals surface area contributed by atoms with Gasteiger partial charge in [0, 0.05) is 47.9 Å². The number of pyridine rings is 1. The van der Waals surface area contributed by atoms with Gasteiger partial charge in [-0.25, -0.2) is 0 Å². The molecule has 5 rings (SSSR count). The van der Waals surface area contributed by atoms with Gasteiger partial charge in [-0.3, -0.25) is 9.78 Å². The highest BCUT2D eigenvalue weighted by molar-refractivity contribution is 8.00. The molecule has 0 saturated carbocycles. The number of carbonyl (C=O) groups excluding carboxylic acids is 1. The average molecular weight is 484 g/mol. The van der Waals surface area contributed by atoms with E-state index in [9.17, 15) is 9.90 Å². The van der Waals surface area contributed by atoms with Crippen molar-refractivity contribution in [3.63, 3.8) is 0 Å². The molecule has 0 radical (unpaired) electrons. The summed E-state index contributed by atoms with van der Waals surface area (Å²) in [6, 6.07) is 28.1. The van der Waals surface area contributed by atoms with E-state index in [0.717, 1.165) is 40.7 Å². The molecule has 4 aromatic rings. The highest BCUT2D eigenvalue weighted by atomic mass is 32.2. The van der Waals surface area contributed by atoms with E-state index in [1.165, 1.54) is 17.5 Å². The summed E-state index contributed by atoms with van der Waals surface area (Å²) >= 11 is 1.52. The molecule has 5 nitrogen and oxygen atoms in total. The summed E-state index contributed by atoms with van der Waals surface area (Å²) in [4.78, 5) is 20.6. The third kappa shape index (κ3) is 5.34. The van der Waals surface area contributed by atoms with E-state index in [-0.39, 0.29) is 17.9 Å². The van der Waals surface area contributed by atoms with Crippen LogP contribution in [0.25, 0.3) is 10.9 Å². The van der Waals surface area contributed by atoms with Gasteiger partial charge >= 0.3 is 0 Å². The highest BCUT2D eigenvalue weighted by Gasteiger charge is 2.35. The number of amides is 1. The Morgan fingerprint density at radius 2 is 1.69 bits per heavy atom. The average Bonchev–Trinajstić information content (AvgIpc) is 2.93. The minimum Gasteiger partial charge on any atom is -0.396 e. The Balaban J connectivity index is 1.18. The maximum atomic E-state index is 13.1. The van der Waals surface area contributed by atoms with E-state index in [0.29, 0.717) is 18.7 Å². The van der Waals surface area contributed by atoms with E-state index in [4.69, 9.17) is 0 Å². The molecule has 178 valence electrons. The predicted molar refractivity (Wildman–Crippen MR) is 142 cm³/mol. The molecular weight excluding hydrogens is 454 g/mol. The lowest BCUT2D eigenvalue weighted by molar-refractivity contribution is 0.0358. The molecule has 1 fully saturated rings. The SMILES string of the molecule is O=C(c1ccc(NSc2cccc3cccnc23)cc1)N1CCC(CO)(Cc2ccccc2)CC1. The second-order valence-corrected chi connectivity index (χ2v) is 10.1. The lowest BCUT2D eigenvalue weighted by Crippen LogP contribution is -2.45. The zero-order valence-corrected chi connectivity index (χ0v) is 20.4. The van der Waals surface area contributed by atoms with Crippen molar-refractivity contribution in [2.45, 2.75) is 24.2 Å². The monoisotopic (exact) mass is 483 g/mol. The Morgan fingerprint density at radius 1 is 0.943 bits per heavy atom. The molecule has 0 spiro atoms. The molecule has 3 aromatic carbocycles. The van der Waals surface area contributed by atoms with Gasteiger partial charge in [-0.2, -0.15) is 0 Å². The molecule has 0 unspecified atom stereocenters. The van der Waals surface area contributed by atoms with Gasteiger partial charge in [-0.15, -0.1) is 0 Å². The fourth-order valence-electron chi connectivity index (χ4n) is 4.74. The van der Waals surface area contributed by atoms with Gasteiger partial charge < -0.3 is 14.7 Å². The van der Waals surface area contributed by atoms with Crippen molar-refractivity contribution in [3.8, 4) is 0 Å². The molecule has 1 aliphatic heterocycles. The number of aromatic nitrogens is 1. The van der Waals surface area contributed by atoms with Crippen molar-refractivity contribution < 1.29 is 9.90 Å². The number of hydrogen-bond donors (Lipinski definition) is 2. The summed E-state index contributed by atoms with van der Waals surface area (Å²) in [6.07, 6.45) is 4.26. The number of aliphatic hydroxyl groups excluding tert-OH is 1. The summed E-state index contributed by atoms with van der Waals surface area (Å²) in [5, 5.41) is 11.3. The third-order valence-electron chi connectivity index (χ3n) is 6.88. The number of aliphatic hydroxyl groups is 1. The van der Waals surface area contributed by atoms with Crippen molar-refractivity contribution in [1.82, 2.24) is 9.88 Å². The maximum absolute atomic E-state index is 13.1. The predicted octanol–water partition coefficient (Wildman–Crippen LogP) is 5.81. The van der Waals surface area contributed by atoms with Crippen molar-refractivity contribution in [2.24, 2.45) is 5.41 Å². The molecule has 1 saturated heterocycles. The number of benzene rings is 3. The first-order chi connectivity index (χ1) is 17.2. The number of likely N-dealkylation sites (tertiary alicyclic amines) is 1. The third-order valence-corrected chi connectivity index (χ3v) is 7.76. The van der Waals surface area contributed by atoms with Gasteiger partial charge in [0.05, 0.1) is 10.4 Å². The minimum absolute atomic E-state index is 0.0497. The number of para-hydroxylation sites is 1. The molecular formula is C29H29N3O2S. The van der Waals surface area contributed by atoms with Crippen LogP contribution >= 0.6 is 11.9 Å². The lowest BCUT2D eigenvalue weighted by atomic mass is 9.74. The Kier molecular flexibility index (Phi) is 7.02. The van der Waals surface area contributed by atoms with E-state index in [1.54, 1.807) is 6.20 Å². The number of nitrogens with zero attached hydrogens (tertiary/aromatic N) is 2. The number of rotatable bonds is 7. The largest absolute Gasteiger partial charge is 0.396 e. The van der Waals surface area contributed by atoms with E-state index in [2.05, 4.69) is 34.0 Å². The van der Waals surface area contributed by atoms with Crippen LogP contribution in [-0.2, 0) is 6.42 Å². The minimum atomic E-state index is -0.153. The zero-order valence-electron chi connectivity index (χ0n) is 19.6. The molecule has 0 atom stereocenters. The fraction of sp³-hybridized carbons (Fsp3) is 0.241. The number of piperidine rings is 1. The first-order valence-corrected chi connectivity index (χ1v) is 12.8.